The van der Waals surface area contributed by atoms with Gasteiger partial charge in [-0.1, -0.05) is 19.8 Å². The highest BCUT2D eigenvalue weighted by atomic mass is 16.5. The van der Waals surface area contributed by atoms with Crippen molar-refractivity contribution in [3.05, 3.63) is 0 Å². The Morgan fingerprint density at radius 1 is 1.38 bits per heavy atom. The van der Waals surface area contributed by atoms with Gasteiger partial charge in [-0.15, -0.1) is 0 Å². The number of likely N-dealkylation sites (tertiary alicyclic amines) is 1. The summed E-state index contributed by atoms with van der Waals surface area (Å²) in [6.45, 7) is 6.63. The van der Waals surface area contributed by atoms with Gasteiger partial charge in [0.2, 0.25) is 0 Å². The van der Waals surface area contributed by atoms with E-state index in [0.29, 0.717) is 19.1 Å². The number of hydrogen-bond donors (Lipinski definition) is 0. The number of carbonyl (C=O) groups is 1. The molecule has 1 atom stereocenters. The summed E-state index contributed by atoms with van der Waals surface area (Å²) in [5, 5.41) is 0. The Kier molecular flexibility index (Phi) is 6.46. The third-order valence-corrected chi connectivity index (χ3v) is 3.28. The van der Waals surface area contributed by atoms with Crippen LogP contribution in [0.3, 0.4) is 0 Å². The van der Waals surface area contributed by atoms with Gasteiger partial charge in [0.15, 0.2) is 0 Å². The van der Waals surface area contributed by atoms with Crippen molar-refractivity contribution in [1.29, 1.82) is 0 Å². The van der Waals surface area contributed by atoms with E-state index in [1.807, 2.05) is 6.92 Å². The summed E-state index contributed by atoms with van der Waals surface area (Å²) in [7, 11) is 0. The van der Waals surface area contributed by atoms with Gasteiger partial charge in [-0.2, -0.15) is 0 Å². The van der Waals surface area contributed by atoms with Crippen molar-refractivity contribution in [2.24, 2.45) is 0 Å². The molecule has 0 spiro atoms. The maximum atomic E-state index is 11.3. The summed E-state index contributed by atoms with van der Waals surface area (Å²) in [5.41, 5.74) is 0. The molecule has 0 aliphatic carbocycles. The van der Waals surface area contributed by atoms with Crippen LogP contribution in [0.4, 0.5) is 0 Å². The second-order valence-electron chi connectivity index (χ2n) is 4.53. The molecule has 0 aromatic heterocycles. The lowest BCUT2D eigenvalue weighted by atomic mass is 9.98. The first-order valence-corrected chi connectivity index (χ1v) is 6.67. The number of ether oxygens (including phenoxy) is 1. The van der Waals surface area contributed by atoms with Gasteiger partial charge < -0.3 is 4.74 Å². The first-order valence-electron chi connectivity index (χ1n) is 6.67. The lowest BCUT2D eigenvalue weighted by Gasteiger charge is -2.35. The zero-order valence-corrected chi connectivity index (χ0v) is 10.7. The third-order valence-electron chi connectivity index (χ3n) is 3.28. The number of nitrogens with zero attached hydrogens (tertiary/aromatic N) is 1. The predicted molar refractivity (Wildman–Crippen MR) is 65.4 cm³/mol. The van der Waals surface area contributed by atoms with Crippen LogP contribution in [0.2, 0.25) is 0 Å². The van der Waals surface area contributed by atoms with Gasteiger partial charge in [0.25, 0.3) is 0 Å². The van der Waals surface area contributed by atoms with Gasteiger partial charge >= 0.3 is 5.97 Å². The van der Waals surface area contributed by atoms with Crippen LogP contribution in [-0.2, 0) is 9.53 Å². The summed E-state index contributed by atoms with van der Waals surface area (Å²) in [6, 6.07) is 0.702. The maximum Gasteiger partial charge on any atom is 0.307 e. The molecule has 0 radical (unpaired) electrons. The highest BCUT2D eigenvalue weighted by Gasteiger charge is 2.21. The smallest absolute Gasteiger partial charge is 0.307 e. The Bertz CT molecular complexity index is 204. The van der Waals surface area contributed by atoms with E-state index in [9.17, 15) is 4.79 Å². The summed E-state index contributed by atoms with van der Waals surface area (Å²) >= 11 is 0. The van der Waals surface area contributed by atoms with Gasteiger partial charge in [0.1, 0.15) is 0 Å². The van der Waals surface area contributed by atoms with E-state index in [0.717, 1.165) is 13.1 Å². The zero-order chi connectivity index (χ0) is 11.8. The summed E-state index contributed by atoms with van der Waals surface area (Å²) in [5.74, 6) is -0.0525. The van der Waals surface area contributed by atoms with Gasteiger partial charge in [0.05, 0.1) is 13.0 Å². The predicted octanol–water partition coefficient (Wildman–Crippen LogP) is 2.59. The Balaban J connectivity index is 2.29. The lowest BCUT2D eigenvalue weighted by Crippen LogP contribution is -2.40. The second-order valence-corrected chi connectivity index (χ2v) is 4.53. The monoisotopic (exact) mass is 227 g/mol. The second kappa shape index (κ2) is 7.66. The third kappa shape index (κ3) is 4.52. The molecular weight excluding hydrogens is 202 g/mol. The highest BCUT2D eigenvalue weighted by molar-refractivity contribution is 5.69. The molecule has 3 heteroatoms. The molecule has 0 aromatic carbocycles. The minimum atomic E-state index is -0.0525. The summed E-state index contributed by atoms with van der Waals surface area (Å²) in [4.78, 5) is 13.8. The topological polar surface area (TPSA) is 29.5 Å². The number of rotatable bonds is 6. The van der Waals surface area contributed by atoms with Crippen LogP contribution in [0.5, 0.6) is 0 Å². The number of hydrogen-bond acceptors (Lipinski definition) is 3. The van der Waals surface area contributed by atoms with Crippen LogP contribution in [0.15, 0.2) is 0 Å². The maximum absolute atomic E-state index is 11.3. The molecule has 94 valence electrons. The molecule has 1 saturated heterocycles. The quantitative estimate of drug-likeness (QED) is 0.653. The largest absolute Gasteiger partial charge is 0.466 e. The molecule has 0 saturated carbocycles. The molecule has 0 aromatic rings. The van der Waals surface area contributed by atoms with Crippen molar-refractivity contribution in [1.82, 2.24) is 4.90 Å². The van der Waals surface area contributed by atoms with Crippen LogP contribution in [0, 0.1) is 0 Å². The molecule has 0 bridgehead atoms. The van der Waals surface area contributed by atoms with Crippen molar-refractivity contribution in [3.63, 3.8) is 0 Å². The van der Waals surface area contributed by atoms with Crippen molar-refractivity contribution >= 4 is 5.97 Å². The standard InChI is InChI=1S/C13H25NO2/c1-3-7-12-8-5-6-10-14(12)11-9-13(15)16-4-2/h12H,3-11H2,1-2H3. The average Bonchev–Trinajstić information content (AvgIpc) is 2.29. The van der Waals surface area contributed by atoms with Crippen LogP contribution in [-0.4, -0.2) is 36.6 Å². The van der Waals surface area contributed by atoms with E-state index in [1.54, 1.807) is 0 Å². The zero-order valence-electron chi connectivity index (χ0n) is 10.7. The van der Waals surface area contributed by atoms with Gasteiger partial charge in [-0.25, -0.2) is 0 Å². The van der Waals surface area contributed by atoms with E-state index in [1.165, 1.54) is 32.1 Å². The molecule has 1 aliphatic heterocycles. The molecular formula is C13H25NO2. The number of carbonyl (C=O) groups excluding carboxylic acids is 1. The van der Waals surface area contributed by atoms with Crippen molar-refractivity contribution in [2.45, 2.75) is 58.4 Å². The fourth-order valence-electron chi connectivity index (χ4n) is 2.48. The van der Waals surface area contributed by atoms with E-state index in [4.69, 9.17) is 4.74 Å². The van der Waals surface area contributed by atoms with E-state index >= 15 is 0 Å². The molecule has 1 aliphatic rings. The van der Waals surface area contributed by atoms with Gasteiger partial charge in [0, 0.05) is 12.6 Å². The summed E-state index contributed by atoms with van der Waals surface area (Å²) < 4.78 is 4.96. The van der Waals surface area contributed by atoms with Crippen LogP contribution in [0.1, 0.15) is 52.4 Å². The van der Waals surface area contributed by atoms with Crippen molar-refractivity contribution < 1.29 is 9.53 Å². The van der Waals surface area contributed by atoms with Crippen molar-refractivity contribution in [2.75, 3.05) is 19.7 Å². The molecule has 16 heavy (non-hydrogen) atoms. The Morgan fingerprint density at radius 2 is 2.19 bits per heavy atom. The first-order chi connectivity index (χ1) is 7.77. The molecule has 1 unspecified atom stereocenters. The molecule has 1 rings (SSSR count). The number of piperidine rings is 1. The first kappa shape index (κ1) is 13.5. The summed E-state index contributed by atoms with van der Waals surface area (Å²) in [6.07, 6.45) is 6.98. The highest BCUT2D eigenvalue weighted by Crippen LogP contribution is 2.20. The van der Waals surface area contributed by atoms with Crippen molar-refractivity contribution in [3.8, 4) is 0 Å². The van der Waals surface area contributed by atoms with Crippen LogP contribution in [0.25, 0.3) is 0 Å². The van der Waals surface area contributed by atoms with E-state index in [2.05, 4.69) is 11.8 Å². The Morgan fingerprint density at radius 3 is 2.88 bits per heavy atom. The van der Waals surface area contributed by atoms with Gasteiger partial charge in [-0.05, 0) is 32.7 Å². The number of esters is 1. The minimum Gasteiger partial charge on any atom is -0.466 e. The fourth-order valence-corrected chi connectivity index (χ4v) is 2.48. The van der Waals surface area contributed by atoms with E-state index in [-0.39, 0.29) is 5.97 Å². The Labute approximate surface area is 99.1 Å². The van der Waals surface area contributed by atoms with Crippen LogP contribution < -0.4 is 0 Å². The minimum absolute atomic E-state index is 0.0525. The molecule has 0 amide bonds. The molecule has 1 fully saturated rings. The molecule has 0 N–H and O–H groups in total. The normalized spacial score (nSPS) is 22.0. The van der Waals surface area contributed by atoms with E-state index < -0.39 is 0 Å². The van der Waals surface area contributed by atoms with Gasteiger partial charge in [-0.3, -0.25) is 9.69 Å². The lowest BCUT2D eigenvalue weighted by molar-refractivity contribution is -0.143. The fraction of sp³-hybridized carbons (Fsp3) is 0.923. The molecule has 1 heterocycles. The molecule has 3 nitrogen and oxygen atoms in total. The van der Waals surface area contributed by atoms with Crippen LogP contribution >= 0.6 is 0 Å². The SMILES string of the molecule is CCCC1CCCCN1CCC(=O)OCC. The Hall–Kier alpha value is -0.570. The average molecular weight is 227 g/mol.